The smallest absolute Gasteiger partial charge is 0.410 e. The van der Waals surface area contributed by atoms with Crippen LogP contribution >= 0.6 is 15.9 Å². The number of aromatic nitrogens is 1. The van der Waals surface area contributed by atoms with E-state index in [4.69, 9.17) is 4.74 Å². The van der Waals surface area contributed by atoms with Crippen LogP contribution in [-0.2, 0) is 4.74 Å². The van der Waals surface area contributed by atoms with E-state index in [0.29, 0.717) is 23.4 Å². The number of likely N-dealkylation sites (tertiary alicyclic amines) is 1. The average Bonchev–Trinajstić information content (AvgIpc) is 2.36. The van der Waals surface area contributed by atoms with Gasteiger partial charge in [0, 0.05) is 30.8 Å². The van der Waals surface area contributed by atoms with Crippen LogP contribution in [0.2, 0.25) is 0 Å². The molecule has 1 aromatic rings. The van der Waals surface area contributed by atoms with Crippen LogP contribution in [-0.4, -0.2) is 34.7 Å². The molecule has 116 valence electrons. The highest BCUT2D eigenvalue weighted by Gasteiger charge is 2.29. The molecule has 2 heterocycles. The fourth-order valence-electron chi connectivity index (χ4n) is 2.40. The van der Waals surface area contributed by atoms with E-state index in [-0.39, 0.29) is 17.8 Å². The van der Waals surface area contributed by atoms with E-state index < -0.39 is 5.60 Å². The third-order valence-electron chi connectivity index (χ3n) is 3.27. The summed E-state index contributed by atoms with van der Waals surface area (Å²) in [5.41, 5.74) is 0.166. The van der Waals surface area contributed by atoms with E-state index in [0.717, 1.165) is 12.8 Å². The Bertz CT molecular complexity index is 511. The normalized spacial score (nSPS) is 19.5. The molecule has 1 fully saturated rings. The summed E-state index contributed by atoms with van der Waals surface area (Å²) in [5.74, 6) is -0.278. The maximum atomic E-state index is 13.5. The summed E-state index contributed by atoms with van der Waals surface area (Å²) < 4.78 is 19.4. The molecule has 0 N–H and O–H groups in total. The number of piperidine rings is 1. The Morgan fingerprint density at radius 3 is 2.81 bits per heavy atom. The topological polar surface area (TPSA) is 42.4 Å². The molecule has 0 aliphatic carbocycles. The third-order valence-corrected chi connectivity index (χ3v) is 3.68. The first-order valence-electron chi connectivity index (χ1n) is 7.05. The van der Waals surface area contributed by atoms with Crippen LogP contribution in [0.15, 0.2) is 16.7 Å². The first-order chi connectivity index (χ1) is 9.74. The molecule has 0 saturated carbocycles. The van der Waals surface area contributed by atoms with Crippen molar-refractivity contribution in [2.24, 2.45) is 0 Å². The van der Waals surface area contributed by atoms with Crippen molar-refractivity contribution < 1.29 is 13.9 Å². The molecule has 1 amide bonds. The Morgan fingerprint density at radius 1 is 1.48 bits per heavy atom. The van der Waals surface area contributed by atoms with Crippen molar-refractivity contribution in [2.75, 3.05) is 13.1 Å². The fraction of sp³-hybridized carbons (Fsp3) is 0.600. The number of nitrogens with zero attached hydrogens (tertiary/aromatic N) is 2. The number of carbonyl (C=O) groups is 1. The van der Waals surface area contributed by atoms with Gasteiger partial charge in [-0.1, -0.05) is 0 Å². The Kier molecular flexibility index (Phi) is 4.86. The molecular weight excluding hydrogens is 339 g/mol. The second kappa shape index (κ2) is 6.30. The number of amides is 1. The van der Waals surface area contributed by atoms with Crippen LogP contribution in [0.4, 0.5) is 9.18 Å². The molecule has 6 heteroatoms. The number of hydrogen-bond donors (Lipinski definition) is 0. The standard InChI is InChI=1S/C15H20BrFN2O2/c1-15(2,3)21-14(20)19-6-4-5-10(9-19)12-7-11(17)8-13(16)18-12/h7-8,10H,4-6,9H2,1-3H3. The first-order valence-corrected chi connectivity index (χ1v) is 7.85. The minimum absolute atomic E-state index is 0.0401. The van der Waals surface area contributed by atoms with Gasteiger partial charge in [-0.3, -0.25) is 0 Å². The number of rotatable bonds is 1. The summed E-state index contributed by atoms with van der Waals surface area (Å²) in [7, 11) is 0. The highest BCUT2D eigenvalue weighted by molar-refractivity contribution is 9.10. The van der Waals surface area contributed by atoms with Gasteiger partial charge in [0.2, 0.25) is 0 Å². The lowest BCUT2D eigenvalue weighted by Gasteiger charge is -2.34. The van der Waals surface area contributed by atoms with E-state index in [9.17, 15) is 9.18 Å². The van der Waals surface area contributed by atoms with Crippen molar-refractivity contribution in [3.8, 4) is 0 Å². The van der Waals surface area contributed by atoms with Gasteiger partial charge in [-0.05, 0) is 55.6 Å². The van der Waals surface area contributed by atoms with E-state index in [1.54, 1.807) is 4.90 Å². The fourth-order valence-corrected chi connectivity index (χ4v) is 2.83. The third kappa shape index (κ3) is 4.66. The van der Waals surface area contributed by atoms with E-state index in [2.05, 4.69) is 20.9 Å². The molecular formula is C15H20BrFN2O2. The number of halogens is 2. The molecule has 1 saturated heterocycles. The largest absolute Gasteiger partial charge is 0.444 e. The van der Waals surface area contributed by atoms with Gasteiger partial charge in [0.05, 0.1) is 0 Å². The molecule has 1 aliphatic rings. The molecule has 21 heavy (non-hydrogen) atoms. The minimum Gasteiger partial charge on any atom is -0.444 e. The summed E-state index contributed by atoms with van der Waals surface area (Å²) in [6.45, 7) is 6.71. The van der Waals surface area contributed by atoms with Crippen LogP contribution in [0, 0.1) is 5.82 Å². The maximum Gasteiger partial charge on any atom is 0.410 e. The van der Waals surface area contributed by atoms with Crippen molar-refractivity contribution in [3.63, 3.8) is 0 Å². The molecule has 0 bridgehead atoms. The predicted molar refractivity (Wildman–Crippen MR) is 81.7 cm³/mol. The van der Waals surface area contributed by atoms with Crippen LogP contribution in [0.3, 0.4) is 0 Å². The molecule has 1 aromatic heterocycles. The van der Waals surface area contributed by atoms with Gasteiger partial charge in [-0.25, -0.2) is 14.2 Å². The zero-order valence-corrected chi connectivity index (χ0v) is 14.1. The summed E-state index contributed by atoms with van der Waals surface area (Å²) in [6.07, 6.45) is 1.43. The quantitative estimate of drug-likeness (QED) is 0.709. The predicted octanol–water partition coefficient (Wildman–Crippen LogP) is 4.10. The van der Waals surface area contributed by atoms with Crippen molar-refractivity contribution in [3.05, 3.63) is 28.2 Å². The Morgan fingerprint density at radius 2 is 2.19 bits per heavy atom. The summed E-state index contributed by atoms with van der Waals surface area (Å²) >= 11 is 3.21. The van der Waals surface area contributed by atoms with Crippen molar-refractivity contribution in [2.45, 2.75) is 45.1 Å². The van der Waals surface area contributed by atoms with Gasteiger partial charge in [-0.15, -0.1) is 0 Å². The van der Waals surface area contributed by atoms with Gasteiger partial charge in [-0.2, -0.15) is 0 Å². The van der Waals surface area contributed by atoms with E-state index in [1.165, 1.54) is 12.1 Å². The number of ether oxygens (including phenoxy) is 1. The number of carbonyl (C=O) groups excluding carboxylic acids is 1. The highest BCUT2D eigenvalue weighted by Crippen LogP contribution is 2.28. The molecule has 1 atom stereocenters. The SMILES string of the molecule is CC(C)(C)OC(=O)N1CCCC(c2cc(F)cc(Br)n2)C1. The van der Waals surface area contributed by atoms with Gasteiger partial charge >= 0.3 is 6.09 Å². The minimum atomic E-state index is -0.510. The monoisotopic (exact) mass is 358 g/mol. The summed E-state index contributed by atoms with van der Waals surface area (Å²) in [6, 6.07) is 2.77. The van der Waals surface area contributed by atoms with Crippen LogP contribution in [0.1, 0.15) is 45.2 Å². The lowest BCUT2D eigenvalue weighted by atomic mass is 9.94. The van der Waals surface area contributed by atoms with Crippen molar-refractivity contribution in [1.82, 2.24) is 9.88 Å². The zero-order chi connectivity index (χ0) is 15.6. The molecule has 1 unspecified atom stereocenters. The number of hydrogen-bond acceptors (Lipinski definition) is 3. The second-order valence-electron chi connectivity index (χ2n) is 6.30. The second-order valence-corrected chi connectivity index (χ2v) is 7.11. The summed E-state index contributed by atoms with van der Waals surface area (Å²) in [5, 5.41) is 0. The van der Waals surface area contributed by atoms with E-state index in [1.807, 2.05) is 20.8 Å². The summed E-state index contributed by atoms with van der Waals surface area (Å²) in [4.78, 5) is 18.1. The molecule has 4 nitrogen and oxygen atoms in total. The van der Waals surface area contributed by atoms with Crippen LogP contribution in [0.5, 0.6) is 0 Å². The number of pyridine rings is 1. The highest BCUT2D eigenvalue weighted by atomic mass is 79.9. The Balaban J connectivity index is 2.08. The zero-order valence-electron chi connectivity index (χ0n) is 12.5. The van der Waals surface area contributed by atoms with Gasteiger partial charge in [0.25, 0.3) is 0 Å². The molecule has 1 aliphatic heterocycles. The maximum absolute atomic E-state index is 13.5. The van der Waals surface area contributed by atoms with Crippen molar-refractivity contribution in [1.29, 1.82) is 0 Å². The van der Waals surface area contributed by atoms with Gasteiger partial charge < -0.3 is 9.64 Å². The Labute approximate surface area is 132 Å². The lowest BCUT2D eigenvalue weighted by molar-refractivity contribution is 0.0197. The lowest BCUT2D eigenvalue weighted by Crippen LogP contribution is -2.42. The van der Waals surface area contributed by atoms with E-state index >= 15 is 0 Å². The Hall–Kier alpha value is -1.17. The van der Waals surface area contributed by atoms with Crippen molar-refractivity contribution >= 4 is 22.0 Å². The van der Waals surface area contributed by atoms with Crippen LogP contribution in [0.25, 0.3) is 0 Å². The van der Waals surface area contributed by atoms with Crippen LogP contribution < -0.4 is 0 Å². The molecule has 0 radical (unpaired) electrons. The molecule has 0 spiro atoms. The van der Waals surface area contributed by atoms with Gasteiger partial charge in [0.1, 0.15) is 16.0 Å². The van der Waals surface area contributed by atoms with Gasteiger partial charge in [0.15, 0.2) is 0 Å². The molecule has 2 rings (SSSR count). The first kappa shape index (κ1) is 16.2. The molecule has 0 aromatic carbocycles. The average molecular weight is 359 g/mol.